The molecule has 0 saturated carbocycles. The fourth-order valence-corrected chi connectivity index (χ4v) is 3.61. The first-order chi connectivity index (χ1) is 16.6. The smallest absolute Gasteiger partial charge is 0.341 e. The number of carbonyl (C=O) groups is 1. The van der Waals surface area contributed by atoms with E-state index in [1.165, 1.54) is 6.33 Å². The number of benzene rings is 2. The second-order valence-corrected chi connectivity index (χ2v) is 7.34. The minimum atomic E-state index is -1.06. The molecule has 2 aromatic carbocycles. The Morgan fingerprint density at radius 2 is 2.00 bits per heavy atom. The molecule has 0 atom stereocenters. The van der Waals surface area contributed by atoms with Crippen LogP contribution in [-0.4, -0.2) is 47.9 Å². The molecule has 0 unspecified atom stereocenters. The Morgan fingerprint density at radius 1 is 1.12 bits per heavy atom. The molecule has 2 aromatic heterocycles. The van der Waals surface area contributed by atoms with Crippen LogP contribution in [0.1, 0.15) is 12.5 Å². The Bertz CT molecular complexity index is 1290. The third kappa shape index (κ3) is 5.20. The normalized spacial score (nSPS) is 10.8. The Hall–Kier alpha value is -4.27. The van der Waals surface area contributed by atoms with Crippen molar-refractivity contribution in [2.45, 2.75) is 13.3 Å². The number of hydrogen-bond donors (Lipinski definition) is 2. The van der Waals surface area contributed by atoms with Crippen molar-refractivity contribution in [3.63, 3.8) is 0 Å². The van der Waals surface area contributed by atoms with Gasteiger partial charge < -0.3 is 29.1 Å². The van der Waals surface area contributed by atoms with E-state index in [1.807, 2.05) is 31.2 Å². The fraction of sp³-hybridized carbons (Fsp3) is 0.240. The molecule has 34 heavy (non-hydrogen) atoms. The zero-order chi connectivity index (χ0) is 23.9. The summed E-state index contributed by atoms with van der Waals surface area (Å²) in [7, 11) is 1.64. The van der Waals surface area contributed by atoms with Crippen molar-refractivity contribution < 1.29 is 28.5 Å². The molecule has 0 saturated heterocycles. The summed E-state index contributed by atoms with van der Waals surface area (Å²) in [6.45, 7) is 2.39. The van der Waals surface area contributed by atoms with Crippen LogP contribution < -0.4 is 19.5 Å². The molecule has 0 radical (unpaired) electrons. The average molecular weight is 463 g/mol. The molecule has 0 aliphatic rings. The predicted molar refractivity (Wildman–Crippen MR) is 127 cm³/mol. The lowest BCUT2D eigenvalue weighted by Crippen LogP contribution is -2.11. The highest BCUT2D eigenvalue weighted by atomic mass is 16.5. The van der Waals surface area contributed by atoms with Crippen molar-refractivity contribution >= 4 is 22.8 Å². The van der Waals surface area contributed by atoms with E-state index in [0.29, 0.717) is 48.1 Å². The molecule has 0 bridgehead atoms. The van der Waals surface area contributed by atoms with Gasteiger partial charge in [0.15, 0.2) is 18.1 Å². The number of furan rings is 1. The van der Waals surface area contributed by atoms with E-state index >= 15 is 0 Å². The maximum Gasteiger partial charge on any atom is 0.341 e. The van der Waals surface area contributed by atoms with E-state index in [9.17, 15) is 4.79 Å². The second-order valence-electron chi connectivity index (χ2n) is 7.34. The van der Waals surface area contributed by atoms with Crippen molar-refractivity contribution in [1.82, 2.24) is 9.97 Å². The zero-order valence-electron chi connectivity index (χ0n) is 18.9. The van der Waals surface area contributed by atoms with E-state index in [1.54, 1.807) is 25.5 Å². The van der Waals surface area contributed by atoms with Crippen LogP contribution in [0.2, 0.25) is 0 Å². The first-order valence-corrected chi connectivity index (χ1v) is 10.8. The third-order valence-electron chi connectivity index (χ3n) is 5.12. The van der Waals surface area contributed by atoms with Crippen molar-refractivity contribution in [3.8, 4) is 28.5 Å². The summed E-state index contributed by atoms with van der Waals surface area (Å²) < 4.78 is 22.1. The first-order valence-electron chi connectivity index (χ1n) is 10.8. The molecule has 9 nitrogen and oxygen atoms in total. The molecule has 2 N–H and O–H groups in total. The molecule has 0 amide bonds. The number of hydrogen-bond acceptors (Lipinski definition) is 8. The molecular formula is C25H25N3O6. The largest absolute Gasteiger partial charge is 0.496 e. The Labute approximate surface area is 196 Å². The van der Waals surface area contributed by atoms with E-state index < -0.39 is 12.6 Å². The topological polar surface area (TPSA) is 116 Å². The number of methoxy groups -OCH3 is 1. The number of fused-ring (bicyclic) bond motifs is 1. The van der Waals surface area contributed by atoms with Crippen LogP contribution in [0.25, 0.3) is 22.2 Å². The second kappa shape index (κ2) is 10.6. The summed E-state index contributed by atoms with van der Waals surface area (Å²) in [6, 6.07) is 13.0. The van der Waals surface area contributed by atoms with Crippen molar-refractivity contribution in [3.05, 3.63) is 60.6 Å². The summed E-state index contributed by atoms with van der Waals surface area (Å²) in [5.74, 6) is 1.13. The van der Waals surface area contributed by atoms with Crippen LogP contribution in [0.4, 0.5) is 5.82 Å². The summed E-state index contributed by atoms with van der Waals surface area (Å²) >= 11 is 0. The average Bonchev–Trinajstić information content (AvgIpc) is 3.30. The summed E-state index contributed by atoms with van der Waals surface area (Å²) in [4.78, 5) is 19.6. The van der Waals surface area contributed by atoms with Gasteiger partial charge in [0.2, 0.25) is 0 Å². The van der Waals surface area contributed by atoms with Gasteiger partial charge in [-0.15, -0.1) is 0 Å². The fourth-order valence-electron chi connectivity index (χ4n) is 3.61. The molecule has 0 spiro atoms. The van der Waals surface area contributed by atoms with Gasteiger partial charge in [0.1, 0.15) is 23.5 Å². The minimum absolute atomic E-state index is 0.344. The van der Waals surface area contributed by atoms with Gasteiger partial charge in [0, 0.05) is 29.6 Å². The monoisotopic (exact) mass is 463 g/mol. The van der Waals surface area contributed by atoms with Crippen molar-refractivity contribution in [2.75, 3.05) is 32.2 Å². The van der Waals surface area contributed by atoms with Gasteiger partial charge in [-0.2, -0.15) is 0 Å². The molecule has 9 heteroatoms. The predicted octanol–water partition coefficient (Wildman–Crippen LogP) is 4.42. The quantitative estimate of drug-likeness (QED) is 0.333. The van der Waals surface area contributed by atoms with Gasteiger partial charge >= 0.3 is 5.97 Å². The highest BCUT2D eigenvalue weighted by Gasteiger charge is 2.16. The van der Waals surface area contributed by atoms with E-state index in [0.717, 1.165) is 22.3 Å². The van der Waals surface area contributed by atoms with Gasteiger partial charge in [-0.25, -0.2) is 14.8 Å². The lowest BCUT2D eigenvalue weighted by Gasteiger charge is -2.15. The van der Waals surface area contributed by atoms with Crippen molar-refractivity contribution in [1.29, 1.82) is 0 Å². The van der Waals surface area contributed by atoms with E-state index in [2.05, 4.69) is 21.4 Å². The summed E-state index contributed by atoms with van der Waals surface area (Å²) in [6.07, 6.45) is 3.84. The van der Waals surface area contributed by atoms with Crippen LogP contribution in [0.5, 0.6) is 17.2 Å². The Balaban J connectivity index is 1.51. The van der Waals surface area contributed by atoms with Gasteiger partial charge in [-0.05, 0) is 43.2 Å². The van der Waals surface area contributed by atoms with Crippen LogP contribution in [-0.2, 0) is 11.2 Å². The molecule has 0 fully saturated rings. The van der Waals surface area contributed by atoms with Gasteiger partial charge in [0.25, 0.3) is 0 Å². The lowest BCUT2D eigenvalue weighted by molar-refractivity contribution is -0.139. The number of para-hydroxylation sites is 1. The maximum atomic E-state index is 10.9. The summed E-state index contributed by atoms with van der Waals surface area (Å²) in [5, 5.41) is 13.3. The number of anilines is 1. The first kappa shape index (κ1) is 22.9. The molecule has 4 aromatic rings. The standard InChI is InChI=1S/C25H25N3O6/c1-3-32-25-18(5-4-6-20(25)34-14-24(29)30)19-12-23(28-15-27-19)26-9-7-16-11-17-8-10-33-22(17)13-21(16)31-2/h4-6,8,10-13,15H,3,7,9,14H2,1-2H3,(H,29,30)(H,26,27,28). The Morgan fingerprint density at radius 3 is 2.79 bits per heavy atom. The van der Waals surface area contributed by atoms with Crippen LogP contribution >= 0.6 is 0 Å². The molecule has 4 rings (SSSR count). The molecular weight excluding hydrogens is 438 g/mol. The highest BCUT2D eigenvalue weighted by molar-refractivity contribution is 5.80. The molecule has 2 heterocycles. The summed E-state index contributed by atoms with van der Waals surface area (Å²) in [5.41, 5.74) is 3.15. The van der Waals surface area contributed by atoms with Crippen LogP contribution in [0.3, 0.4) is 0 Å². The number of carboxylic acid groups (broad SMARTS) is 1. The zero-order valence-corrected chi connectivity index (χ0v) is 18.9. The number of aromatic nitrogens is 2. The Kier molecular flexibility index (Phi) is 7.12. The van der Waals surface area contributed by atoms with E-state index in [-0.39, 0.29) is 0 Å². The van der Waals surface area contributed by atoms with Gasteiger partial charge in [-0.1, -0.05) is 6.07 Å². The number of ether oxygens (including phenoxy) is 3. The molecule has 176 valence electrons. The lowest BCUT2D eigenvalue weighted by atomic mass is 10.1. The van der Waals surface area contributed by atoms with Crippen LogP contribution in [0, 0.1) is 0 Å². The SMILES string of the molecule is CCOc1c(OCC(=O)O)cccc1-c1cc(NCCc2cc3ccoc3cc2OC)ncn1. The third-order valence-corrected chi connectivity index (χ3v) is 5.12. The number of carboxylic acids is 1. The van der Waals surface area contributed by atoms with Gasteiger partial charge in [-0.3, -0.25) is 0 Å². The number of nitrogens with one attached hydrogen (secondary N) is 1. The minimum Gasteiger partial charge on any atom is -0.496 e. The number of aliphatic carboxylic acids is 1. The number of rotatable bonds is 11. The molecule has 0 aliphatic heterocycles. The van der Waals surface area contributed by atoms with Crippen LogP contribution in [0.15, 0.2) is 59.5 Å². The maximum absolute atomic E-state index is 10.9. The van der Waals surface area contributed by atoms with Crippen molar-refractivity contribution in [2.24, 2.45) is 0 Å². The van der Waals surface area contributed by atoms with Gasteiger partial charge in [0.05, 0.1) is 25.7 Å². The highest BCUT2D eigenvalue weighted by Crippen LogP contribution is 2.38. The van der Waals surface area contributed by atoms with E-state index in [4.69, 9.17) is 23.7 Å². The number of nitrogens with zero attached hydrogens (tertiary/aromatic N) is 2. The molecule has 0 aliphatic carbocycles.